The highest BCUT2D eigenvalue weighted by Crippen LogP contribution is 2.17. The molecule has 0 amide bonds. The predicted octanol–water partition coefficient (Wildman–Crippen LogP) is 3.71. The number of carbonyl (C=O) groups excluding carboxylic acids is 1. The Labute approximate surface area is 119 Å². The van der Waals surface area contributed by atoms with Gasteiger partial charge in [0.05, 0.1) is 16.9 Å². The predicted molar refractivity (Wildman–Crippen MR) is 76.8 cm³/mol. The summed E-state index contributed by atoms with van der Waals surface area (Å²) in [5, 5.41) is 4.11. The van der Waals surface area contributed by atoms with Crippen LogP contribution in [0.2, 0.25) is 0 Å². The molecule has 0 aliphatic heterocycles. The van der Waals surface area contributed by atoms with Gasteiger partial charge in [-0.05, 0) is 47.1 Å². The van der Waals surface area contributed by atoms with Crippen molar-refractivity contribution < 1.29 is 9.21 Å². The molecule has 0 saturated carbocycles. The minimum absolute atomic E-state index is 0.0877. The van der Waals surface area contributed by atoms with Crippen LogP contribution in [0.4, 0.5) is 0 Å². The van der Waals surface area contributed by atoms with Crippen molar-refractivity contribution >= 4 is 27.8 Å². The lowest BCUT2D eigenvalue weighted by Gasteiger charge is -2.00. The number of carbonyl (C=O) groups is 1. The van der Waals surface area contributed by atoms with Gasteiger partial charge in [0.25, 0.3) is 0 Å². The molecular weight excluding hydrogens is 308 g/mol. The highest BCUT2D eigenvalue weighted by atomic mass is 79.9. The summed E-state index contributed by atoms with van der Waals surface area (Å²) in [5.74, 6) is 0.659. The molecule has 0 spiro atoms. The summed E-state index contributed by atoms with van der Waals surface area (Å²) in [7, 11) is 0. The minimum Gasteiger partial charge on any atom is -0.465 e. The van der Waals surface area contributed by atoms with Crippen molar-refractivity contribution in [3.63, 3.8) is 0 Å². The van der Waals surface area contributed by atoms with Crippen LogP contribution in [-0.2, 0) is 6.54 Å². The van der Waals surface area contributed by atoms with E-state index in [1.165, 1.54) is 6.08 Å². The van der Waals surface area contributed by atoms with E-state index in [0.29, 0.717) is 16.7 Å². The molecule has 4 nitrogen and oxygen atoms in total. The molecule has 0 unspecified atom stereocenters. The topological polar surface area (TPSA) is 48.0 Å². The highest BCUT2D eigenvalue weighted by molar-refractivity contribution is 9.10. The second kappa shape index (κ2) is 6.33. The summed E-state index contributed by atoms with van der Waals surface area (Å²) in [4.78, 5) is 12.0. The standard InChI is InChI=1S/C14H13BrN2O2/c1-2-17-14(12(15)10-16-17)13(18)8-4-3-6-11-7-5-9-19-11/h3-10H,2H2,1H3/b6-3+,8-4+. The molecule has 2 aromatic rings. The number of hydrogen-bond acceptors (Lipinski definition) is 3. The minimum atomic E-state index is -0.0877. The molecular formula is C14H13BrN2O2. The molecule has 0 atom stereocenters. The first-order valence-corrected chi connectivity index (χ1v) is 6.65. The molecule has 2 heterocycles. The lowest BCUT2D eigenvalue weighted by Crippen LogP contribution is -2.07. The lowest BCUT2D eigenvalue weighted by molar-refractivity contribution is 0.103. The van der Waals surface area contributed by atoms with Gasteiger partial charge in [0.1, 0.15) is 11.5 Å². The molecule has 2 aromatic heterocycles. The first kappa shape index (κ1) is 13.5. The number of aromatic nitrogens is 2. The molecule has 5 heteroatoms. The van der Waals surface area contributed by atoms with Crippen LogP contribution in [0, 0.1) is 0 Å². The fourth-order valence-electron chi connectivity index (χ4n) is 1.61. The van der Waals surface area contributed by atoms with E-state index in [2.05, 4.69) is 21.0 Å². The van der Waals surface area contributed by atoms with Crippen molar-refractivity contribution in [2.24, 2.45) is 0 Å². The Hall–Kier alpha value is -1.88. The number of nitrogens with zero attached hydrogens (tertiary/aromatic N) is 2. The number of ketones is 1. The monoisotopic (exact) mass is 320 g/mol. The van der Waals surface area contributed by atoms with Gasteiger partial charge in [-0.15, -0.1) is 0 Å². The quantitative estimate of drug-likeness (QED) is 0.479. The van der Waals surface area contributed by atoms with Gasteiger partial charge in [-0.2, -0.15) is 5.10 Å². The van der Waals surface area contributed by atoms with Gasteiger partial charge in [0.2, 0.25) is 5.78 Å². The van der Waals surface area contributed by atoms with Gasteiger partial charge in [-0.1, -0.05) is 12.2 Å². The summed E-state index contributed by atoms with van der Waals surface area (Å²) in [5.41, 5.74) is 0.560. The zero-order valence-corrected chi connectivity index (χ0v) is 12.0. The number of allylic oxidation sites excluding steroid dienone is 3. The van der Waals surface area contributed by atoms with Crippen LogP contribution in [0.15, 0.2) is 51.7 Å². The number of furan rings is 1. The van der Waals surface area contributed by atoms with Gasteiger partial charge in [-0.25, -0.2) is 0 Å². The second-order valence-electron chi connectivity index (χ2n) is 3.75. The average Bonchev–Trinajstić information content (AvgIpc) is 3.03. The lowest BCUT2D eigenvalue weighted by atomic mass is 10.2. The summed E-state index contributed by atoms with van der Waals surface area (Å²) in [6.45, 7) is 2.60. The molecule has 0 aliphatic carbocycles. The summed E-state index contributed by atoms with van der Waals surface area (Å²) < 4.78 is 7.51. The molecule has 98 valence electrons. The van der Waals surface area contributed by atoms with Crippen LogP contribution in [0.5, 0.6) is 0 Å². The highest BCUT2D eigenvalue weighted by Gasteiger charge is 2.13. The zero-order chi connectivity index (χ0) is 13.7. The van der Waals surface area contributed by atoms with E-state index in [4.69, 9.17) is 4.42 Å². The van der Waals surface area contributed by atoms with Gasteiger partial charge in [0.15, 0.2) is 0 Å². The number of halogens is 1. The molecule has 0 N–H and O–H groups in total. The molecule has 0 aliphatic rings. The second-order valence-corrected chi connectivity index (χ2v) is 4.61. The van der Waals surface area contributed by atoms with E-state index < -0.39 is 0 Å². The third kappa shape index (κ3) is 3.32. The first-order chi connectivity index (χ1) is 9.22. The SMILES string of the molecule is CCn1ncc(Br)c1C(=O)/C=C/C=C/c1ccco1. The van der Waals surface area contributed by atoms with Crippen molar-refractivity contribution in [1.29, 1.82) is 0 Å². The molecule has 0 fully saturated rings. The van der Waals surface area contributed by atoms with Crippen LogP contribution < -0.4 is 0 Å². The van der Waals surface area contributed by atoms with Crippen LogP contribution >= 0.6 is 15.9 Å². The van der Waals surface area contributed by atoms with Crippen LogP contribution in [-0.4, -0.2) is 15.6 Å². The van der Waals surface area contributed by atoms with E-state index in [-0.39, 0.29) is 5.78 Å². The van der Waals surface area contributed by atoms with Crippen molar-refractivity contribution in [2.45, 2.75) is 13.5 Å². The fourth-order valence-corrected chi connectivity index (χ4v) is 2.10. The van der Waals surface area contributed by atoms with Crippen molar-refractivity contribution in [2.75, 3.05) is 0 Å². The van der Waals surface area contributed by atoms with E-state index in [0.717, 1.165) is 5.76 Å². The van der Waals surface area contributed by atoms with E-state index >= 15 is 0 Å². The number of rotatable bonds is 5. The summed E-state index contributed by atoms with van der Waals surface area (Å²) >= 11 is 3.33. The van der Waals surface area contributed by atoms with E-state index in [1.807, 2.05) is 19.1 Å². The van der Waals surface area contributed by atoms with E-state index in [9.17, 15) is 4.79 Å². The van der Waals surface area contributed by atoms with Crippen molar-refractivity contribution in [3.8, 4) is 0 Å². The van der Waals surface area contributed by atoms with E-state index in [1.54, 1.807) is 35.4 Å². The van der Waals surface area contributed by atoms with Gasteiger partial charge >= 0.3 is 0 Å². The maximum Gasteiger partial charge on any atom is 0.204 e. The molecule has 0 aromatic carbocycles. The Bertz CT molecular complexity index is 609. The molecule has 19 heavy (non-hydrogen) atoms. The Morgan fingerprint density at radius 3 is 3.05 bits per heavy atom. The Balaban J connectivity index is 2.06. The van der Waals surface area contributed by atoms with Crippen LogP contribution in [0.1, 0.15) is 23.2 Å². The Kier molecular flexibility index (Phi) is 4.52. The average molecular weight is 321 g/mol. The number of aryl methyl sites for hydroxylation is 1. The first-order valence-electron chi connectivity index (χ1n) is 5.86. The molecule has 2 rings (SSSR count). The Morgan fingerprint density at radius 2 is 2.37 bits per heavy atom. The van der Waals surface area contributed by atoms with Gasteiger partial charge < -0.3 is 4.42 Å². The molecule has 0 radical (unpaired) electrons. The Morgan fingerprint density at radius 1 is 1.53 bits per heavy atom. The largest absolute Gasteiger partial charge is 0.465 e. The third-order valence-electron chi connectivity index (χ3n) is 2.49. The molecule has 0 saturated heterocycles. The smallest absolute Gasteiger partial charge is 0.204 e. The maximum atomic E-state index is 12.0. The van der Waals surface area contributed by atoms with Crippen LogP contribution in [0.25, 0.3) is 6.08 Å². The maximum absolute atomic E-state index is 12.0. The fraction of sp³-hybridized carbons (Fsp3) is 0.143. The summed E-state index contributed by atoms with van der Waals surface area (Å²) in [6, 6.07) is 3.65. The van der Waals surface area contributed by atoms with Crippen LogP contribution in [0.3, 0.4) is 0 Å². The third-order valence-corrected chi connectivity index (χ3v) is 3.07. The normalized spacial score (nSPS) is 11.7. The summed E-state index contributed by atoms with van der Waals surface area (Å²) in [6.07, 6.45) is 9.97. The molecule has 0 bridgehead atoms. The number of hydrogen-bond donors (Lipinski definition) is 0. The van der Waals surface area contributed by atoms with Crippen molar-refractivity contribution in [1.82, 2.24) is 9.78 Å². The zero-order valence-electron chi connectivity index (χ0n) is 10.4. The van der Waals surface area contributed by atoms with Crippen molar-refractivity contribution in [3.05, 3.63) is 58.7 Å². The van der Waals surface area contributed by atoms with Gasteiger partial charge in [-0.3, -0.25) is 9.48 Å². The van der Waals surface area contributed by atoms with Gasteiger partial charge in [0, 0.05) is 6.54 Å².